The first-order valence-corrected chi connectivity index (χ1v) is 7.33. The van der Waals surface area contributed by atoms with E-state index in [0.717, 1.165) is 11.3 Å². The van der Waals surface area contributed by atoms with Crippen molar-refractivity contribution in [2.75, 3.05) is 5.32 Å². The standard InChI is InChI=1S/C12H10FNO3S2/c13-10-4-2-1-3-9(10)12(15)14-11-6-5-8(18-11)7-19(16)17/h1-6H,7H2,(H,14,15)(H,16,17)/p-1. The molecule has 0 spiro atoms. The number of carbonyl (C=O) groups is 1. The third-order valence-electron chi connectivity index (χ3n) is 2.28. The SMILES string of the molecule is O=C(Nc1ccc(CS(=O)[O-])s1)c1ccccc1F. The summed E-state index contributed by atoms with van der Waals surface area (Å²) in [7, 11) is 0. The highest BCUT2D eigenvalue weighted by molar-refractivity contribution is 7.78. The van der Waals surface area contributed by atoms with Gasteiger partial charge in [0.25, 0.3) is 5.91 Å². The number of nitrogens with one attached hydrogen (secondary N) is 1. The normalized spacial score (nSPS) is 12.1. The van der Waals surface area contributed by atoms with Crippen molar-refractivity contribution in [1.29, 1.82) is 0 Å². The molecule has 0 saturated heterocycles. The molecule has 19 heavy (non-hydrogen) atoms. The van der Waals surface area contributed by atoms with Gasteiger partial charge in [0.1, 0.15) is 5.82 Å². The Bertz CT molecular complexity index is 627. The number of thiophene rings is 1. The number of amides is 1. The molecule has 0 aliphatic heterocycles. The van der Waals surface area contributed by atoms with E-state index in [1.165, 1.54) is 18.2 Å². The lowest BCUT2D eigenvalue weighted by Crippen LogP contribution is -2.12. The third kappa shape index (κ3) is 3.69. The minimum Gasteiger partial charge on any atom is -0.772 e. The Morgan fingerprint density at radius 3 is 2.74 bits per heavy atom. The number of rotatable bonds is 4. The van der Waals surface area contributed by atoms with Gasteiger partial charge in [-0.25, -0.2) is 4.39 Å². The lowest BCUT2D eigenvalue weighted by atomic mass is 10.2. The van der Waals surface area contributed by atoms with Crippen molar-refractivity contribution < 1.29 is 17.9 Å². The van der Waals surface area contributed by atoms with Gasteiger partial charge in [-0.2, -0.15) is 0 Å². The molecule has 0 aliphatic carbocycles. The second kappa shape index (κ2) is 6.05. The lowest BCUT2D eigenvalue weighted by molar-refractivity contribution is 0.102. The van der Waals surface area contributed by atoms with E-state index in [1.54, 1.807) is 18.2 Å². The fraction of sp³-hybridized carbons (Fsp3) is 0.0833. The quantitative estimate of drug-likeness (QED) is 0.882. The Morgan fingerprint density at radius 1 is 1.32 bits per heavy atom. The van der Waals surface area contributed by atoms with Crippen LogP contribution in [0.25, 0.3) is 0 Å². The third-order valence-corrected chi connectivity index (χ3v) is 4.01. The van der Waals surface area contributed by atoms with Gasteiger partial charge in [0, 0.05) is 10.6 Å². The average molecular weight is 298 g/mol. The minimum absolute atomic E-state index is 0.0511. The largest absolute Gasteiger partial charge is 0.772 e. The molecular weight excluding hydrogens is 289 g/mol. The number of anilines is 1. The fourth-order valence-corrected chi connectivity index (χ4v) is 3.01. The van der Waals surface area contributed by atoms with Crippen molar-refractivity contribution in [3.05, 3.63) is 52.7 Å². The zero-order valence-corrected chi connectivity index (χ0v) is 11.2. The molecule has 0 bridgehead atoms. The molecule has 0 radical (unpaired) electrons. The van der Waals surface area contributed by atoms with Gasteiger partial charge in [-0.1, -0.05) is 12.1 Å². The van der Waals surface area contributed by atoms with Crippen LogP contribution in [-0.4, -0.2) is 14.7 Å². The molecule has 1 heterocycles. The molecule has 2 aromatic rings. The summed E-state index contributed by atoms with van der Waals surface area (Å²) in [4.78, 5) is 12.4. The number of carbonyl (C=O) groups excluding carboxylic acids is 1. The average Bonchev–Trinajstić information content (AvgIpc) is 2.76. The monoisotopic (exact) mass is 298 g/mol. The highest BCUT2D eigenvalue weighted by Crippen LogP contribution is 2.23. The van der Waals surface area contributed by atoms with Gasteiger partial charge in [-0.3, -0.25) is 9.00 Å². The van der Waals surface area contributed by atoms with E-state index in [-0.39, 0.29) is 11.3 Å². The molecule has 1 atom stereocenters. The summed E-state index contributed by atoms with van der Waals surface area (Å²) >= 11 is -1.03. The number of halogens is 1. The van der Waals surface area contributed by atoms with E-state index in [2.05, 4.69) is 5.32 Å². The summed E-state index contributed by atoms with van der Waals surface area (Å²) in [6.07, 6.45) is 0. The summed E-state index contributed by atoms with van der Waals surface area (Å²) < 4.78 is 34.5. The second-order valence-electron chi connectivity index (χ2n) is 3.65. The van der Waals surface area contributed by atoms with Gasteiger partial charge in [0.2, 0.25) is 0 Å². The van der Waals surface area contributed by atoms with Crippen molar-refractivity contribution in [2.24, 2.45) is 0 Å². The maximum atomic E-state index is 13.4. The second-order valence-corrected chi connectivity index (χ2v) is 5.71. The molecule has 1 aromatic carbocycles. The maximum absolute atomic E-state index is 13.4. The molecule has 0 saturated carbocycles. The summed E-state index contributed by atoms with van der Waals surface area (Å²) in [5.41, 5.74) is -0.0511. The molecule has 1 unspecified atom stereocenters. The van der Waals surface area contributed by atoms with Crippen LogP contribution in [0.2, 0.25) is 0 Å². The first-order valence-electron chi connectivity index (χ1n) is 5.26. The lowest BCUT2D eigenvalue weighted by Gasteiger charge is -2.03. The Kier molecular flexibility index (Phi) is 4.41. The van der Waals surface area contributed by atoms with Crippen LogP contribution < -0.4 is 5.32 Å². The number of hydrogen-bond donors (Lipinski definition) is 1. The molecule has 0 fully saturated rings. The molecule has 2 rings (SSSR count). The summed E-state index contributed by atoms with van der Waals surface area (Å²) in [6.45, 7) is 0. The Labute approximate surface area is 115 Å². The summed E-state index contributed by atoms with van der Waals surface area (Å²) in [5, 5.41) is 3.01. The Hall–Kier alpha value is -1.57. The first kappa shape index (κ1) is 13.9. The van der Waals surface area contributed by atoms with Crippen molar-refractivity contribution in [3.63, 3.8) is 0 Å². The van der Waals surface area contributed by atoms with Crippen molar-refractivity contribution in [2.45, 2.75) is 5.75 Å². The van der Waals surface area contributed by atoms with Crippen LogP contribution in [0.3, 0.4) is 0 Å². The van der Waals surface area contributed by atoms with Gasteiger partial charge in [-0.05, 0) is 35.3 Å². The molecule has 0 aliphatic rings. The topological polar surface area (TPSA) is 69.2 Å². The van der Waals surface area contributed by atoms with Crippen LogP contribution >= 0.6 is 11.3 Å². The van der Waals surface area contributed by atoms with E-state index in [1.807, 2.05) is 0 Å². The van der Waals surface area contributed by atoms with Gasteiger partial charge < -0.3 is 9.87 Å². The van der Waals surface area contributed by atoms with Crippen molar-refractivity contribution in [3.8, 4) is 0 Å². The zero-order valence-electron chi connectivity index (χ0n) is 9.59. The van der Waals surface area contributed by atoms with Gasteiger partial charge >= 0.3 is 0 Å². The van der Waals surface area contributed by atoms with Gasteiger partial charge in [0.15, 0.2) is 0 Å². The van der Waals surface area contributed by atoms with Crippen LogP contribution in [0.5, 0.6) is 0 Å². The summed E-state index contributed by atoms with van der Waals surface area (Å²) in [5.74, 6) is -1.26. The molecule has 1 N–H and O–H groups in total. The molecule has 4 nitrogen and oxygen atoms in total. The highest BCUT2D eigenvalue weighted by Gasteiger charge is 2.11. The van der Waals surface area contributed by atoms with Crippen LogP contribution in [0.4, 0.5) is 9.39 Å². The summed E-state index contributed by atoms with van der Waals surface area (Å²) in [6, 6.07) is 8.85. The van der Waals surface area contributed by atoms with Crippen LogP contribution in [0.1, 0.15) is 15.2 Å². The molecule has 1 amide bonds. The van der Waals surface area contributed by atoms with Crippen molar-refractivity contribution in [1.82, 2.24) is 0 Å². The molecule has 100 valence electrons. The van der Waals surface area contributed by atoms with E-state index >= 15 is 0 Å². The Balaban J connectivity index is 2.09. The Morgan fingerprint density at radius 2 is 2.05 bits per heavy atom. The molecule has 1 aromatic heterocycles. The van der Waals surface area contributed by atoms with E-state index in [4.69, 9.17) is 0 Å². The van der Waals surface area contributed by atoms with Crippen LogP contribution in [0, 0.1) is 5.82 Å². The smallest absolute Gasteiger partial charge is 0.259 e. The van der Waals surface area contributed by atoms with Crippen LogP contribution in [-0.2, 0) is 16.8 Å². The maximum Gasteiger partial charge on any atom is 0.259 e. The minimum atomic E-state index is -2.17. The fourth-order valence-electron chi connectivity index (χ4n) is 1.46. The zero-order chi connectivity index (χ0) is 13.8. The predicted molar refractivity (Wildman–Crippen MR) is 71.3 cm³/mol. The van der Waals surface area contributed by atoms with Crippen molar-refractivity contribution >= 4 is 33.3 Å². The van der Waals surface area contributed by atoms with Gasteiger partial charge in [-0.15, -0.1) is 11.3 Å². The number of benzene rings is 1. The number of hydrogen-bond acceptors (Lipinski definition) is 4. The highest BCUT2D eigenvalue weighted by atomic mass is 32.2. The first-order chi connectivity index (χ1) is 9.06. The van der Waals surface area contributed by atoms with E-state index in [9.17, 15) is 17.9 Å². The van der Waals surface area contributed by atoms with Gasteiger partial charge in [0.05, 0.1) is 10.6 Å². The van der Waals surface area contributed by atoms with Crippen LogP contribution in [0.15, 0.2) is 36.4 Å². The van der Waals surface area contributed by atoms with E-state index < -0.39 is 22.8 Å². The van der Waals surface area contributed by atoms with E-state index in [0.29, 0.717) is 9.88 Å². The molecule has 7 heteroatoms. The predicted octanol–water partition coefficient (Wildman–Crippen LogP) is 2.52. The molecular formula is C12H9FNO3S2-.